The van der Waals surface area contributed by atoms with Crippen LogP contribution < -0.4 is 15.6 Å². The van der Waals surface area contributed by atoms with Gasteiger partial charge in [-0.2, -0.15) is 0 Å². The van der Waals surface area contributed by atoms with Gasteiger partial charge >= 0.3 is 298 Å². The van der Waals surface area contributed by atoms with Crippen LogP contribution in [0, 0.1) is 5.92 Å². The largest absolute Gasteiger partial charge is 0.147 e. The molecule has 0 atom stereocenters. The maximum Gasteiger partial charge on any atom is -0.147 e. The van der Waals surface area contributed by atoms with E-state index in [-0.39, 0.29) is 37.2 Å². The van der Waals surface area contributed by atoms with Crippen LogP contribution in [0.15, 0.2) is 75.3 Å². The molecular formula is C44H64Cl3SiTi. The molecule has 3 aromatic carbocycles. The number of halogens is 3. The molecule has 0 N–H and O–H groups in total. The van der Waals surface area contributed by atoms with E-state index in [9.17, 15) is 0 Å². The molecule has 1 aliphatic carbocycles. The molecule has 0 heterocycles. The molecule has 0 bridgehead atoms. The van der Waals surface area contributed by atoms with Gasteiger partial charge in [0, 0.05) is 0 Å². The average molecular weight is 775 g/mol. The van der Waals surface area contributed by atoms with E-state index in [0.717, 1.165) is 6.42 Å². The van der Waals surface area contributed by atoms with Gasteiger partial charge in [0.25, 0.3) is 0 Å². The first-order valence-electron chi connectivity index (χ1n) is 18.1. The Kier molecular flexibility index (Phi) is 17.5. The van der Waals surface area contributed by atoms with Crippen LogP contribution in [0.1, 0.15) is 172 Å². The molecule has 0 saturated heterocycles. The number of hydrogen-bond acceptors (Lipinski definition) is 0. The SMILES string of the molecule is CC(C)C1=[C]([Ti])CC=C1[Si](c1cc(C(C)C)cc(C(C)C)c1)(c1cc(C(C)C)cc(C(C)C)c1)c1cc(C(C)C)cc(C(C)C)c1.Cl.Cl.Cl. The van der Waals surface area contributed by atoms with E-state index in [1.807, 2.05) is 0 Å². The minimum absolute atomic E-state index is 0. The van der Waals surface area contributed by atoms with Gasteiger partial charge in [0.15, 0.2) is 0 Å². The maximum atomic E-state index is 2.67. The summed E-state index contributed by atoms with van der Waals surface area (Å²) in [6.07, 6.45) is 3.72. The van der Waals surface area contributed by atoms with Gasteiger partial charge < -0.3 is 0 Å². The van der Waals surface area contributed by atoms with Crippen LogP contribution >= 0.6 is 37.2 Å². The predicted molar refractivity (Wildman–Crippen MR) is 225 cm³/mol. The molecule has 3 aromatic rings. The molecule has 0 radical (unpaired) electrons. The van der Waals surface area contributed by atoms with Gasteiger partial charge in [0.2, 0.25) is 0 Å². The second-order valence-corrected chi connectivity index (χ2v) is 20.9. The summed E-state index contributed by atoms with van der Waals surface area (Å²) < 4.78 is 1.55. The smallest absolute Gasteiger partial charge is 0.147 e. The molecular weight excluding hydrogens is 711 g/mol. The van der Waals surface area contributed by atoms with Crippen molar-refractivity contribution >= 4 is 60.9 Å². The fraction of sp³-hybridized carbons (Fsp3) is 0.500. The summed E-state index contributed by atoms with van der Waals surface area (Å²) in [4.78, 5) is 0. The minimum atomic E-state index is -2.82. The quantitative estimate of drug-likeness (QED) is 0.134. The standard InChI is InChI=1S/C44H61Si.3ClH.Ti/c1-27(2)34-18-35(28(3)4)22-40(21-34)45(44-17-15-16-43(44)33(13)14,41-23-36(29(5)6)19-37(24-41)30(7)8)42-25-38(31(9)10)20-39(26-42)32(11)12;;;;/h17-33H,15H2,1-14H3;3*1H;. The Morgan fingerprint density at radius 1 is 0.408 bits per heavy atom. The normalized spacial score (nSPS) is 13.5. The van der Waals surface area contributed by atoms with E-state index in [0.29, 0.717) is 41.4 Å². The summed E-state index contributed by atoms with van der Waals surface area (Å²) in [6, 6.07) is 23.4. The first-order valence-corrected chi connectivity index (χ1v) is 20.9. The average Bonchev–Trinajstić information content (AvgIpc) is 3.38. The predicted octanol–water partition coefficient (Wildman–Crippen LogP) is 12.5. The second kappa shape index (κ2) is 18.6. The van der Waals surface area contributed by atoms with E-state index in [1.54, 1.807) is 30.2 Å². The van der Waals surface area contributed by atoms with Crippen LogP contribution in [-0.2, 0) is 20.4 Å². The van der Waals surface area contributed by atoms with E-state index >= 15 is 0 Å². The number of benzene rings is 3. The first kappa shape index (κ1) is 46.0. The Bertz CT molecular complexity index is 1390. The van der Waals surface area contributed by atoms with Crippen molar-refractivity contribution in [3.8, 4) is 0 Å². The van der Waals surface area contributed by atoms with Crippen LogP contribution in [0.4, 0.5) is 0 Å². The molecule has 0 saturated carbocycles. The topological polar surface area (TPSA) is 0 Å². The van der Waals surface area contributed by atoms with Gasteiger partial charge in [-0.1, -0.05) is 0 Å². The van der Waals surface area contributed by atoms with Gasteiger partial charge in [-0.05, 0) is 0 Å². The van der Waals surface area contributed by atoms with E-state index in [4.69, 9.17) is 0 Å². The molecule has 269 valence electrons. The van der Waals surface area contributed by atoms with Gasteiger partial charge in [-0.3, -0.25) is 0 Å². The molecule has 0 fully saturated rings. The van der Waals surface area contributed by atoms with E-state index in [1.165, 1.54) is 33.4 Å². The van der Waals surface area contributed by atoms with Crippen LogP contribution in [0.5, 0.6) is 0 Å². The summed E-state index contributed by atoms with van der Waals surface area (Å²) in [7, 11) is -2.82. The third-order valence-corrected chi connectivity index (χ3v) is 15.8. The molecule has 0 spiro atoms. The molecule has 4 rings (SSSR count). The molecule has 0 aromatic heterocycles. The summed E-state index contributed by atoms with van der Waals surface area (Å²) >= 11 is 2.40. The fourth-order valence-corrected chi connectivity index (χ4v) is 13.7. The molecule has 0 amide bonds. The molecule has 49 heavy (non-hydrogen) atoms. The minimum Gasteiger partial charge on any atom is -0.147 e. The third-order valence-electron chi connectivity index (χ3n) is 10.3. The maximum absolute atomic E-state index is 2.82. The monoisotopic (exact) mass is 773 g/mol. The Hall–Kier alpha value is -1.06. The van der Waals surface area contributed by atoms with Crippen LogP contribution in [-0.4, -0.2) is 8.07 Å². The molecule has 0 nitrogen and oxygen atoms in total. The second-order valence-electron chi connectivity index (χ2n) is 16.2. The van der Waals surface area contributed by atoms with Crippen molar-refractivity contribution in [1.82, 2.24) is 0 Å². The summed E-state index contributed by atoms with van der Waals surface area (Å²) in [5, 5.41) is 6.33. The van der Waals surface area contributed by atoms with E-state index < -0.39 is 8.07 Å². The number of rotatable bonds is 11. The van der Waals surface area contributed by atoms with Gasteiger partial charge in [-0.15, -0.1) is 37.2 Å². The van der Waals surface area contributed by atoms with Gasteiger partial charge in [0.05, 0.1) is 0 Å². The molecule has 0 unspecified atom stereocenters. The summed E-state index contributed by atoms with van der Waals surface area (Å²) in [6.45, 7) is 33.3. The molecule has 0 aliphatic heterocycles. The molecule has 1 aliphatic rings. The van der Waals surface area contributed by atoms with Crippen molar-refractivity contribution in [3.05, 3.63) is 109 Å². The van der Waals surface area contributed by atoms with Crippen LogP contribution in [0.25, 0.3) is 0 Å². The Morgan fingerprint density at radius 3 is 0.857 bits per heavy atom. The Labute approximate surface area is 332 Å². The molecule has 5 heteroatoms. The van der Waals surface area contributed by atoms with Crippen molar-refractivity contribution in [2.75, 3.05) is 0 Å². The Balaban J connectivity index is 0.00000400. The van der Waals surface area contributed by atoms with Crippen molar-refractivity contribution < 1.29 is 20.4 Å². The Morgan fingerprint density at radius 2 is 0.653 bits per heavy atom. The van der Waals surface area contributed by atoms with Crippen LogP contribution in [0.3, 0.4) is 0 Å². The summed E-state index contributed by atoms with van der Waals surface area (Å²) in [5.41, 5.74) is 10.4. The number of allylic oxidation sites excluding steroid dienone is 4. The van der Waals surface area contributed by atoms with Crippen molar-refractivity contribution in [1.29, 1.82) is 0 Å². The fourth-order valence-electron chi connectivity index (χ4n) is 7.25. The van der Waals surface area contributed by atoms with Gasteiger partial charge in [-0.25, -0.2) is 0 Å². The summed E-state index contributed by atoms with van der Waals surface area (Å²) in [5.74, 6) is 3.24. The zero-order valence-electron chi connectivity index (χ0n) is 32.7. The first-order chi connectivity index (χ1) is 21.5. The van der Waals surface area contributed by atoms with Crippen LogP contribution in [0.2, 0.25) is 0 Å². The van der Waals surface area contributed by atoms with Crippen molar-refractivity contribution in [2.45, 2.75) is 139 Å². The number of hydrogen-bond donors (Lipinski definition) is 0. The van der Waals surface area contributed by atoms with Crippen molar-refractivity contribution in [2.24, 2.45) is 5.92 Å². The van der Waals surface area contributed by atoms with Gasteiger partial charge in [0.1, 0.15) is 0 Å². The van der Waals surface area contributed by atoms with Crippen molar-refractivity contribution in [3.63, 3.8) is 0 Å². The zero-order chi connectivity index (χ0) is 34.2. The zero-order valence-corrected chi connectivity index (χ0v) is 37.8. The van der Waals surface area contributed by atoms with E-state index in [2.05, 4.69) is 178 Å². The third kappa shape index (κ3) is 9.49.